The zero-order valence-corrected chi connectivity index (χ0v) is 16.5. The van der Waals surface area contributed by atoms with Crippen LogP contribution in [0.15, 0.2) is 60.9 Å². The summed E-state index contributed by atoms with van der Waals surface area (Å²) in [6.07, 6.45) is -4.80. The van der Waals surface area contributed by atoms with Crippen LogP contribution in [0.2, 0.25) is 5.02 Å². The Balaban J connectivity index is 1.98. The van der Waals surface area contributed by atoms with Gasteiger partial charge < -0.3 is 4.74 Å². The number of alkyl halides is 3. The Hall–Kier alpha value is -2.80. The molecule has 0 aliphatic rings. The van der Waals surface area contributed by atoms with Crippen LogP contribution >= 0.6 is 11.6 Å². The highest BCUT2D eigenvalue weighted by Crippen LogP contribution is 2.33. The number of carbonyl (C=O) groups excluding carboxylic acids is 1. The molecule has 152 valence electrons. The van der Waals surface area contributed by atoms with Gasteiger partial charge in [-0.1, -0.05) is 48.5 Å². The molecule has 3 rings (SSSR count). The second-order valence-electron chi connectivity index (χ2n) is 7.23. The van der Waals surface area contributed by atoms with E-state index in [-0.39, 0.29) is 6.54 Å². The lowest BCUT2D eigenvalue weighted by atomic mass is 9.93. The minimum absolute atomic E-state index is 0.00192. The summed E-state index contributed by atoms with van der Waals surface area (Å²) in [6.45, 7) is 5.77. The topological polar surface area (TPSA) is 44.1 Å². The zero-order chi connectivity index (χ0) is 21.4. The molecule has 1 aromatic heterocycles. The van der Waals surface area contributed by atoms with Crippen LogP contribution in [-0.4, -0.2) is 21.9 Å². The fraction of sp³-hybridized carbons (Fsp3) is 0.238. The van der Waals surface area contributed by atoms with Crippen LogP contribution < -0.4 is 0 Å². The number of aromatic nitrogens is 2. The lowest BCUT2D eigenvalue weighted by molar-refractivity contribution is -0.168. The molecule has 2 aromatic carbocycles. The highest BCUT2D eigenvalue weighted by atomic mass is 35.5. The summed E-state index contributed by atoms with van der Waals surface area (Å²) >= 11 is 6.14. The van der Waals surface area contributed by atoms with Gasteiger partial charge in [0.2, 0.25) is 5.76 Å². The molecule has 0 amide bonds. The first kappa shape index (κ1) is 20.9. The van der Waals surface area contributed by atoms with E-state index in [1.54, 1.807) is 22.9 Å². The second-order valence-corrected chi connectivity index (χ2v) is 7.66. The molecule has 1 heterocycles. The van der Waals surface area contributed by atoms with Crippen LogP contribution in [-0.2, 0) is 16.1 Å². The van der Waals surface area contributed by atoms with Gasteiger partial charge in [0.15, 0.2) is 0 Å². The molecule has 0 spiro atoms. The Labute approximate surface area is 170 Å². The maximum Gasteiger partial charge on any atom is 0.449 e. The number of esters is 1. The SMILES string of the molecule is C=C(OC(=O)C(C)(C)Cn1nc(-c2ccccc2)c2cc(Cl)ccc21)C(F)(F)F. The Bertz CT molecular complexity index is 1070. The average Bonchev–Trinajstić information content (AvgIpc) is 2.98. The van der Waals surface area contributed by atoms with Crippen LogP contribution in [0, 0.1) is 5.41 Å². The largest absolute Gasteiger partial charge is 0.449 e. The highest BCUT2D eigenvalue weighted by molar-refractivity contribution is 6.31. The number of hydrogen-bond donors (Lipinski definition) is 0. The Kier molecular flexibility index (Phi) is 5.45. The van der Waals surface area contributed by atoms with E-state index >= 15 is 0 Å². The third kappa shape index (κ3) is 4.45. The van der Waals surface area contributed by atoms with Crippen molar-refractivity contribution in [1.29, 1.82) is 0 Å². The molecule has 0 atom stereocenters. The number of ether oxygens (including phenoxy) is 1. The summed E-state index contributed by atoms with van der Waals surface area (Å²) in [7, 11) is 0. The van der Waals surface area contributed by atoms with Gasteiger partial charge in [0, 0.05) is 16.0 Å². The van der Waals surface area contributed by atoms with E-state index in [9.17, 15) is 18.0 Å². The monoisotopic (exact) mass is 422 g/mol. The van der Waals surface area contributed by atoms with Gasteiger partial charge in [-0.15, -0.1) is 0 Å². The molecule has 0 N–H and O–H groups in total. The summed E-state index contributed by atoms with van der Waals surface area (Å²) in [6, 6.07) is 14.6. The maximum absolute atomic E-state index is 12.7. The minimum Gasteiger partial charge on any atom is -0.422 e. The highest BCUT2D eigenvalue weighted by Gasteiger charge is 2.39. The Morgan fingerprint density at radius 1 is 1.17 bits per heavy atom. The third-order valence-electron chi connectivity index (χ3n) is 4.39. The summed E-state index contributed by atoms with van der Waals surface area (Å²) in [4.78, 5) is 12.3. The molecule has 0 saturated carbocycles. The number of carbonyl (C=O) groups is 1. The van der Waals surface area contributed by atoms with Crippen molar-refractivity contribution in [3.8, 4) is 11.3 Å². The van der Waals surface area contributed by atoms with Crippen molar-refractivity contribution >= 4 is 28.5 Å². The van der Waals surface area contributed by atoms with Crippen LogP contribution in [0.3, 0.4) is 0 Å². The number of nitrogens with zero attached hydrogens (tertiary/aromatic N) is 2. The fourth-order valence-electron chi connectivity index (χ4n) is 2.83. The van der Waals surface area contributed by atoms with Crippen molar-refractivity contribution in [3.05, 3.63) is 65.9 Å². The van der Waals surface area contributed by atoms with E-state index in [1.807, 2.05) is 30.3 Å². The number of fused-ring (bicyclic) bond motifs is 1. The van der Waals surface area contributed by atoms with Gasteiger partial charge in [-0.05, 0) is 32.0 Å². The van der Waals surface area contributed by atoms with Gasteiger partial charge in [-0.3, -0.25) is 9.48 Å². The first-order valence-electron chi connectivity index (χ1n) is 8.69. The van der Waals surface area contributed by atoms with Gasteiger partial charge in [0.05, 0.1) is 17.5 Å². The van der Waals surface area contributed by atoms with Crippen LogP contribution in [0.25, 0.3) is 22.2 Å². The minimum atomic E-state index is -4.80. The normalized spacial score (nSPS) is 12.2. The standard InChI is InChI=1S/C21H18ClF3N2O2/c1-13(21(23,24)25)29-19(28)20(2,3)12-27-17-10-9-15(22)11-16(17)18(26-27)14-7-5-4-6-8-14/h4-11H,1,12H2,2-3H3. The molecular formula is C21H18ClF3N2O2. The van der Waals surface area contributed by atoms with Crippen molar-refractivity contribution in [3.63, 3.8) is 0 Å². The smallest absolute Gasteiger partial charge is 0.422 e. The Morgan fingerprint density at radius 2 is 1.83 bits per heavy atom. The van der Waals surface area contributed by atoms with Gasteiger partial charge in [-0.25, -0.2) is 0 Å². The molecule has 4 nitrogen and oxygen atoms in total. The average molecular weight is 423 g/mol. The number of halogens is 4. The van der Waals surface area contributed by atoms with Gasteiger partial charge in [-0.2, -0.15) is 18.3 Å². The Morgan fingerprint density at radius 3 is 2.45 bits per heavy atom. The second kappa shape index (κ2) is 7.55. The molecule has 0 aliphatic carbocycles. The molecule has 8 heteroatoms. The predicted octanol–water partition coefficient (Wildman–Crippen LogP) is 6.00. The van der Waals surface area contributed by atoms with Crippen LogP contribution in [0.4, 0.5) is 13.2 Å². The summed E-state index contributed by atoms with van der Waals surface area (Å²) in [5.41, 5.74) is 0.917. The lowest BCUT2D eigenvalue weighted by Gasteiger charge is -2.23. The number of benzene rings is 2. The number of rotatable bonds is 5. The first-order valence-corrected chi connectivity index (χ1v) is 9.07. The summed E-state index contributed by atoms with van der Waals surface area (Å²) in [5, 5.41) is 5.90. The molecule has 0 radical (unpaired) electrons. The van der Waals surface area contributed by atoms with Crippen LogP contribution in [0.1, 0.15) is 13.8 Å². The van der Waals surface area contributed by atoms with E-state index in [0.717, 1.165) is 10.9 Å². The number of hydrogen-bond acceptors (Lipinski definition) is 3. The van der Waals surface area contributed by atoms with Crippen molar-refractivity contribution < 1.29 is 22.7 Å². The fourth-order valence-corrected chi connectivity index (χ4v) is 3.00. The van der Waals surface area contributed by atoms with Crippen molar-refractivity contribution in [1.82, 2.24) is 9.78 Å². The molecule has 0 fully saturated rings. The number of allylic oxidation sites excluding steroid dienone is 1. The molecule has 0 aliphatic heterocycles. The van der Waals surface area contributed by atoms with E-state index < -0.39 is 23.3 Å². The maximum atomic E-state index is 12.7. The zero-order valence-electron chi connectivity index (χ0n) is 15.8. The predicted molar refractivity (Wildman–Crippen MR) is 105 cm³/mol. The molecule has 0 bridgehead atoms. The van der Waals surface area contributed by atoms with Crippen molar-refractivity contribution in [2.24, 2.45) is 5.41 Å². The molecule has 0 unspecified atom stereocenters. The van der Waals surface area contributed by atoms with Gasteiger partial charge >= 0.3 is 12.1 Å². The molecule has 29 heavy (non-hydrogen) atoms. The van der Waals surface area contributed by atoms with Gasteiger partial charge in [0.1, 0.15) is 5.69 Å². The van der Waals surface area contributed by atoms with Crippen molar-refractivity contribution in [2.75, 3.05) is 0 Å². The van der Waals surface area contributed by atoms with E-state index in [1.165, 1.54) is 13.8 Å². The summed E-state index contributed by atoms with van der Waals surface area (Å²) in [5.74, 6) is -2.59. The lowest BCUT2D eigenvalue weighted by Crippen LogP contribution is -2.33. The molecule has 3 aromatic rings. The third-order valence-corrected chi connectivity index (χ3v) is 4.62. The van der Waals surface area contributed by atoms with E-state index in [0.29, 0.717) is 16.2 Å². The summed E-state index contributed by atoms with van der Waals surface area (Å²) < 4.78 is 44.0. The van der Waals surface area contributed by atoms with Crippen LogP contribution in [0.5, 0.6) is 0 Å². The quantitative estimate of drug-likeness (QED) is 0.374. The molecule has 0 saturated heterocycles. The van der Waals surface area contributed by atoms with E-state index in [2.05, 4.69) is 16.4 Å². The first-order chi connectivity index (χ1) is 13.5. The molecular weight excluding hydrogens is 405 g/mol. The van der Waals surface area contributed by atoms with E-state index in [4.69, 9.17) is 11.6 Å². The van der Waals surface area contributed by atoms with Gasteiger partial charge in [0.25, 0.3) is 0 Å². The van der Waals surface area contributed by atoms with Crippen molar-refractivity contribution in [2.45, 2.75) is 26.6 Å².